The molecule has 0 spiro atoms. The van der Waals surface area contributed by atoms with Crippen LogP contribution < -0.4 is 5.32 Å². The quantitative estimate of drug-likeness (QED) is 0.698. The summed E-state index contributed by atoms with van der Waals surface area (Å²) in [4.78, 5) is 24.4. The largest absolute Gasteiger partial charge is 0.506 e. The van der Waals surface area contributed by atoms with E-state index in [0.717, 1.165) is 11.5 Å². The maximum absolute atomic E-state index is 13.2. The third-order valence-electron chi connectivity index (χ3n) is 3.87. The predicted octanol–water partition coefficient (Wildman–Crippen LogP) is 3.87. The fraction of sp³-hybridized carbons (Fsp3) is 0.100. The monoisotopic (exact) mass is 353 g/mol. The number of fused-ring (bicyclic) bond motifs is 1. The predicted molar refractivity (Wildman–Crippen MR) is 95.5 cm³/mol. The minimum atomic E-state index is -1.13. The molecule has 0 aliphatic heterocycles. The zero-order valence-electron chi connectivity index (χ0n) is 13.9. The highest BCUT2D eigenvalue weighted by Gasteiger charge is 2.22. The smallest absolute Gasteiger partial charge is 0.342 e. The first-order valence-electron chi connectivity index (χ1n) is 7.94. The van der Waals surface area contributed by atoms with Gasteiger partial charge in [0, 0.05) is 11.1 Å². The lowest BCUT2D eigenvalue weighted by molar-refractivity contribution is -0.123. The molecule has 0 saturated carbocycles. The van der Waals surface area contributed by atoms with Crippen molar-refractivity contribution in [3.05, 3.63) is 72.0 Å². The van der Waals surface area contributed by atoms with Crippen LogP contribution in [0.5, 0.6) is 5.75 Å². The molecule has 6 heteroatoms. The minimum Gasteiger partial charge on any atom is -0.506 e. The van der Waals surface area contributed by atoms with Crippen LogP contribution in [-0.2, 0) is 9.53 Å². The maximum Gasteiger partial charge on any atom is 0.342 e. The molecule has 0 bridgehead atoms. The van der Waals surface area contributed by atoms with Gasteiger partial charge in [-0.3, -0.25) is 4.79 Å². The molecule has 0 aromatic heterocycles. The summed E-state index contributed by atoms with van der Waals surface area (Å²) < 4.78 is 18.3. The van der Waals surface area contributed by atoms with E-state index in [1.165, 1.54) is 31.2 Å². The van der Waals surface area contributed by atoms with Gasteiger partial charge in [-0.2, -0.15) is 0 Å². The second-order valence-corrected chi connectivity index (χ2v) is 5.73. The van der Waals surface area contributed by atoms with Gasteiger partial charge in [-0.05, 0) is 36.6 Å². The van der Waals surface area contributed by atoms with Crippen molar-refractivity contribution in [2.75, 3.05) is 5.32 Å². The molecule has 0 unspecified atom stereocenters. The number of aromatic hydroxyl groups is 1. The number of halogens is 1. The van der Waals surface area contributed by atoms with E-state index in [1.807, 2.05) is 6.07 Å². The first kappa shape index (κ1) is 17.4. The molecule has 2 N–H and O–H groups in total. The second-order valence-electron chi connectivity index (χ2n) is 5.73. The fourth-order valence-corrected chi connectivity index (χ4v) is 2.51. The van der Waals surface area contributed by atoms with Gasteiger partial charge in [0.15, 0.2) is 6.10 Å². The summed E-state index contributed by atoms with van der Waals surface area (Å²) >= 11 is 0. The van der Waals surface area contributed by atoms with Crippen LogP contribution in [0, 0.1) is 5.82 Å². The third kappa shape index (κ3) is 3.64. The minimum absolute atomic E-state index is 0.0332. The number of carbonyl (C=O) groups is 2. The van der Waals surface area contributed by atoms with Crippen LogP contribution in [0.1, 0.15) is 17.3 Å². The molecular formula is C20H16FNO4. The standard InChI is InChI=1S/C20H16FNO4/c1-12(19(24)22-15-7-4-6-14(21)11-15)26-20(25)17-10-9-13-5-2-3-8-16(13)18(17)23/h2-12,23H,1H3,(H,22,24)/t12-/m1/s1. The number of anilines is 1. The Morgan fingerprint density at radius 1 is 1.08 bits per heavy atom. The number of benzene rings is 3. The average molecular weight is 353 g/mol. The van der Waals surface area contributed by atoms with Gasteiger partial charge in [-0.15, -0.1) is 0 Å². The number of phenols is 1. The van der Waals surface area contributed by atoms with Gasteiger partial charge in [-0.25, -0.2) is 9.18 Å². The average Bonchev–Trinajstić information content (AvgIpc) is 2.62. The molecule has 0 aliphatic rings. The van der Waals surface area contributed by atoms with Gasteiger partial charge in [-0.1, -0.05) is 36.4 Å². The Morgan fingerprint density at radius 3 is 2.62 bits per heavy atom. The number of amides is 1. The van der Waals surface area contributed by atoms with E-state index in [9.17, 15) is 19.1 Å². The fourth-order valence-electron chi connectivity index (χ4n) is 2.51. The van der Waals surface area contributed by atoms with E-state index in [-0.39, 0.29) is 17.0 Å². The normalized spacial score (nSPS) is 11.8. The Hall–Kier alpha value is -3.41. The van der Waals surface area contributed by atoms with Crippen LogP contribution in [0.2, 0.25) is 0 Å². The van der Waals surface area contributed by atoms with Crippen molar-refractivity contribution in [2.45, 2.75) is 13.0 Å². The van der Waals surface area contributed by atoms with Crippen molar-refractivity contribution in [2.24, 2.45) is 0 Å². The Balaban J connectivity index is 1.73. The number of nitrogens with one attached hydrogen (secondary N) is 1. The third-order valence-corrected chi connectivity index (χ3v) is 3.87. The van der Waals surface area contributed by atoms with Crippen molar-refractivity contribution < 1.29 is 23.8 Å². The highest BCUT2D eigenvalue weighted by atomic mass is 19.1. The van der Waals surface area contributed by atoms with Gasteiger partial charge in [0.2, 0.25) is 0 Å². The number of esters is 1. The Morgan fingerprint density at radius 2 is 1.85 bits per heavy atom. The van der Waals surface area contributed by atoms with Crippen molar-refractivity contribution >= 4 is 28.3 Å². The van der Waals surface area contributed by atoms with Crippen LogP contribution >= 0.6 is 0 Å². The van der Waals surface area contributed by atoms with Gasteiger partial charge < -0.3 is 15.2 Å². The van der Waals surface area contributed by atoms with Crippen LogP contribution in [0.15, 0.2) is 60.7 Å². The van der Waals surface area contributed by atoms with Crippen molar-refractivity contribution in [1.29, 1.82) is 0 Å². The summed E-state index contributed by atoms with van der Waals surface area (Å²) in [5.74, 6) is -2.13. The SMILES string of the molecule is C[C@@H](OC(=O)c1ccc2ccccc2c1O)C(=O)Nc1cccc(F)c1. The molecule has 1 atom stereocenters. The van der Waals surface area contributed by atoms with Gasteiger partial charge >= 0.3 is 5.97 Å². The van der Waals surface area contributed by atoms with E-state index < -0.39 is 23.8 Å². The lowest BCUT2D eigenvalue weighted by Gasteiger charge is -2.14. The Kier molecular flexibility index (Phi) is 4.84. The number of ether oxygens (including phenoxy) is 1. The zero-order chi connectivity index (χ0) is 18.7. The number of hydrogen-bond acceptors (Lipinski definition) is 4. The molecular weight excluding hydrogens is 337 g/mol. The zero-order valence-corrected chi connectivity index (χ0v) is 13.9. The summed E-state index contributed by atoms with van der Waals surface area (Å²) in [7, 11) is 0. The maximum atomic E-state index is 13.2. The van der Waals surface area contributed by atoms with E-state index in [0.29, 0.717) is 5.39 Å². The molecule has 3 rings (SSSR count). The molecule has 5 nitrogen and oxygen atoms in total. The van der Waals surface area contributed by atoms with E-state index in [1.54, 1.807) is 24.3 Å². The molecule has 0 radical (unpaired) electrons. The second kappa shape index (κ2) is 7.23. The van der Waals surface area contributed by atoms with Crippen molar-refractivity contribution in [1.82, 2.24) is 0 Å². The summed E-state index contributed by atoms with van der Waals surface area (Å²) in [6, 6.07) is 15.6. The summed E-state index contributed by atoms with van der Waals surface area (Å²) in [6.45, 7) is 1.39. The summed E-state index contributed by atoms with van der Waals surface area (Å²) in [6.07, 6.45) is -1.13. The molecule has 1 amide bonds. The topological polar surface area (TPSA) is 75.6 Å². The molecule has 3 aromatic carbocycles. The van der Waals surface area contributed by atoms with Gasteiger partial charge in [0.25, 0.3) is 5.91 Å². The molecule has 0 heterocycles. The number of hydrogen-bond donors (Lipinski definition) is 2. The first-order valence-corrected chi connectivity index (χ1v) is 7.94. The molecule has 0 fully saturated rings. The molecule has 0 saturated heterocycles. The van der Waals surface area contributed by atoms with E-state index in [4.69, 9.17) is 4.74 Å². The van der Waals surface area contributed by atoms with E-state index >= 15 is 0 Å². The van der Waals surface area contributed by atoms with Gasteiger partial charge in [0.05, 0.1) is 0 Å². The van der Waals surface area contributed by atoms with Crippen molar-refractivity contribution in [3.8, 4) is 5.75 Å². The highest BCUT2D eigenvalue weighted by Crippen LogP contribution is 2.29. The van der Waals surface area contributed by atoms with E-state index in [2.05, 4.69) is 5.32 Å². The molecule has 132 valence electrons. The molecule has 0 aliphatic carbocycles. The Labute approximate surface area is 149 Å². The number of phenolic OH excluding ortho intramolecular Hbond substituents is 1. The van der Waals surface area contributed by atoms with Crippen LogP contribution in [-0.4, -0.2) is 23.1 Å². The van der Waals surface area contributed by atoms with Crippen LogP contribution in [0.3, 0.4) is 0 Å². The Bertz CT molecular complexity index is 986. The summed E-state index contributed by atoms with van der Waals surface area (Å²) in [5.41, 5.74) is 0.223. The number of rotatable bonds is 4. The number of carbonyl (C=O) groups excluding carboxylic acids is 2. The molecule has 26 heavy (non-hydrogen) atoms. The van der Waals surface area contributed by atoms with Gasteiger partial charge in [0.1, 0.15) is 17.1 Å². The summed E-state index contributed by atoms with van der Waals surface area (Å²) in [5, 5.41) is 14.0. The molecule has 3 aromatic rings. The lowest BCUT2D eigenvalue weighted by Crippen LogP contribution is -2.30. The van der Waals surface area contributed by atoms with Crippen LogP contribution in [0.4, 0.5) is 10.1 Å². The first-order chi connectivity index (χ1) is 12.5. The van der Waals surface area contributed by atoms with Crippen LogP contribution in [0.25, 0.3) is 10.8 Å². The highest BCUT2D eigenvalue weighted by molar-refractivity contribution is 6.02. The van der Waals surface area contributed by atoms with Crippen molar-refractivity contribution in [3.63, 3.8) is 0 Å². The lowest BCUT2D eigenvalue weighted by atomic mass is 10.1.